The monoisotopic (exact) mass is 192 g/mol. The van der Waals surface area contributed by atoms with Crippen molar-refractivity contribution in [1.82, 2.24) is 0 Å². The van der Waals surface area contributed by atoms with Crippen molar-refractivity contribution >= 4 is 6.29 Å². The lowest BCUT2D eigenvalue weighted by Crippen LogP contribution is -2.32. The van der Waals surface area contributed by atoms with Crippen LogP contribution in [0.15, 0.2) is 24.3 Å². The summed E-state index contributed by atoms with van der Waals surface area (Å²) in [6.45, 7) is 10.9. The molecule has 0 saturated heterocycles. The van der Waals surface area contributed by atoms with E-state index in [0.29, 0.717) is 0 Å². The molecule has 0 unspecified atom stereocenters. The Hall–Kier alpha value is -0.850. The van der Waals surface area contributed by atoms with Crippen LogP contribution in [-0.2, 0) is 4.79 Å². The number of hydrogen-bond acceptors (Lipinski definition) is 1. The maximum Gasteiger partial charge on any atom is 0.142 e. The fraction of sp³-hybridized carbons (Fsp3) is 0.615. The number of carbonyl (C=O) groups is 1. The summed E-state index contributed by atoms with van der Waals surface area (Å²) in [7, 11) is 0. The minimum absolute atomic E-state index is 0.0165. The average molecular weight is 192 g/mol. The molecule has 0 heterocycles. The molecule has 1 aliphatic carbocycles. The Morgan fingerprint density at radius 2 is 1.93 bits per heavy atom. The van der Waals surface area contributed by atoms with Gasteiger partial charge in [-0.15, -0.1) is 0 Å². The third kappa shape index (κ3) is 1.97. The number of hydrogen-bond donors (Lipinski definition) is 0. The van der Waals surface area contributed by atoms with Gasteiger partial charge in [-0.2, -0.15) is 0 Å². The van der Waals surface area contributed by atoms with E-state index < -0.39 is 0 Å². The smallest absolute Gasteiger partial charge is 0.142 e. The number of carbonyl (C=O) groups excluding carboxylic acids is 1. The highest BCUT2D eigenvalue weighted by atomic mass is 16.1. The topological polar surface area (TPSA) is 17.1 Å². The minimum Gasteiger partial charge on any atom is -0.299 e. The standard InChI is InChI=1S/C13H20O/c1-11-12(2,3)7-5-8-13(11,4)9-6-10-14/h6,9-10H,1,5,7-8H2,2-4H3/b9-6+/t13-/m1/s1. The van der Waals surface area contributed by atoms with E-state index in [0.717, 1.165) is 12.7 Å². The van der Waals surface area contributed by atoms with Gasteiger partial charge in [0.15, 0.2) is 0 Å². The van der Waals surface area contributed by atoms with Crippen LogP contribution in [0.3, 0.4) is 0 Å². The van der Waals surface area contributed by atoms with Gasteiger partial charge in [0.1, 0.15) is 6.29 Å². The molecule has 0 aromatic rings. The van der Waals surface area contributed by atoms with Crippen LogP contribution in [0.2, 0.25) is 0 Å². The van der Waals surface area contributed by atoms with Crippen LogP contribution in [0.5, 0.6) is 0 Å². The van der Waals surface area contributed by atoms with E-state index in [1.165, 1.54) is 18.4 Å². The molecule has 1 heteroatoms. The Labute approximate surface area is 86.9 Å². The first kappa shape index (κ1) is 11.2. The van der Waals surface area contributed by atoms with Crippen molar-refractivity contribution < 1.29 is 4.79 Å². The van der Waals surface area contributed by atoms with E-state index in [-0.39, 0.29) is 10.8 Å². The van der Waals surface area contributed by atoms with Gasteiger partial charge in [-0.25, -0.2) is 0 Å². The summed E-state index contributed by atoms with van der Waals surface area (Å²) in [6, 6.07) is 0. The van der Waals surface area contributed by atoms with Crippen molar-refractivity contribution in [1.29, 1.82) is 0 Å². The Morgan fingerprint density at radius 1 is 1.29 bits per heavy atom. The quantitative estimate of drug-likeness (QED) is 0.372. The molecule has 1 nitrogen and oxygen atoms in total. The van der Waals surface area contributed by atoms with Crippen molar-refractivity contribution in [3.8, 4) is 0 Å². The fourth-order valence-corrected chi connectivity index (χ4v) is 2.41. The van der Waals surface area contributed by atoms with Crippen molar-refractivity contribution in [3.63, 3.8) is 0 Å². The third-order valence-corrected chi connectivity index (χ3v) is 3.55. The third-order valence-electron chi connectivity index (χ3n) is 3.55. The Bertz CT molecular complexity index is 273. The molecule has 0 N–H and O–H groups in total. The molecular formula is C13H20O. The number of allylic oxidation sites excluding steroid dienone is 3. The zero-order valence-corrected chi connectivity index (χ0v) is 9.47. The Morgan fingerprint density at radius 3 is 2.50 bits per heavy atom. The lowest BCUT2D eigenvalue weighted by atomic mass is 9.61. The van der Waals surface area contributed by atoms with Crippen LogP contribution in [0.4, 0.5) is 0 Å². The van der Waals surface area contributed by atoms with E-state index in [4.69, 9.17) is 0 Å². The molecule has 0 aliphatic heterocycles. The van der Waals surface area contributed by atoms with Gasteiger partial charge in [0, 0.05) is 5.41 Å². The zero-order chi connectivity index (χ0) is 10.8. The highest BCUT2D eigenvalue weighted by Crippen LogP contribution is 2.50. The molecule has 1 atom stereocenters. The lowest BCUT2D eigenvalue weighted by Gasteiger charge is -2.44. The molecule has 14 heavy (non-hydrogen) atoms. The Kier molecular flexibility index (Phi) is 2.98. The molecule has 0 aromatic carbocycles. The second kappa shape index (κ2) is 3.72. The highest BCUT2D eigenvalue weighted by Gasteiger charge is 2.38. The summed E-state index contributed by atoms with van der Waals surface area (Å²) in [6.07, 6.45) is 7.98. The second-order valence-electron chi connectivity index (χ2n) is 5.13. The number of rotatable bonds is 2. The Balaban J connectivity index is 2.93. The van der Waals surface area contributed by atoms with Gasteiger partial charge in [0.05, 0.1) is 0 Å². The van der Waals surface area contributed by atoms with Gasteiger partial charge in [0.25, 0.3) is 0 Å². The molecule has 78 valence electrons. The molecule has 1 aliphatic rings. The van der Waals surface area contributed by atoms with E-state index in [1.807, 2.05) is 6.08 Å². The van der Waals surface area contributed by atoms with Gasteiger partial charge in [-0.05, 0) is 24.3 Å². The predicted octanol–water partition coefficient (Wildman–Crippen LogP) is 3.51. The number of aldehydes is 1. The van der Waals surface area contributed by atoms with Gasteiger partial charge in [-0.1, -0.05) is 45.4 Å². The average Bonchev–Trinajstić information content (AvgIpc) is 2.11. The summed E-state index contributed by atoms with van der Waals surface area (Å²) in [5, 5.41) is 0. The van der Waals surface area contributed by atoms with E-state index in [9.17, 15) is 4.79 Å². The van der Waals surface area contributed by atoms with Gasteiger partial charge in [0.2, 0.25) is 0 Å². The SMILES string of the molecule is C=C1C(C)(C)CCC[C@]1(C)/C=C/C=O. The molecule has 1 rings (SSSR count). The van der Waals surface area contributed by atoms with E-state index >= 15 is 0 Å². The van der Waals surface area contributed by atoms with Gasteiger partial charge >= 0.3 is 0 Å². The largest absolute Gasteiger partial charge is 0.299 e. The molecule has 0 amide bonds. The highest BCUT2D eigenvalue weighted by molar-refractivity contribution is 5.65. The van der Waals surface area contributed by atoms with Crippen molar-refractivity contribution in [3.05, 3.63) is 24.3 Å². The molecule has 1 saturated carbocycles. The normalized spacial score (nSPS) is 32.1. The van der Waals surface area contributed by atoms with Crippen LogP contribution < -0.4 is 0 Å². The molecule has 0 spiro atoms. The van der Waals surface area contributed by atoms with Crippen LogP contribution >= 0.6 is 0 Å². The molecule has 0 aromatic heterocycles. The van der Waals surface area contributed by atoms with E-state index in [2.05, 4.69) is 27.4 Å². The lowest BCUT2D eigenvalue weighted by molar-refractivity contribution is -0.104. The molecule has 0 bridgehead atoms. The minimum atomic E-state index is 0.0165. The second-order valence-corrected chi connectivity index (χ2v) is 5.13. The summed E-state index contributed by atoms with van der Waals surface area (Å²) < 4.78 is 0. The van der Waals surface area contributed by atoms with Gasteiger partial charge < -0.3 is 0 Å². The fourth-order valence-electron chi connectivity index (χ4n) is 2.41. The predicted molar refractivity (Wildman–Crippen MR) is 60.1 cm³/mol. The van der Waals surface area contributed by atoms with E-state index in [1.54, 1.807) is 6.08 Å². The summed E-state index contributed by atoms with van der Waals surface area (Å²) >= 11 is 0. The first-order valence-electron chi connectivity index (χ1n) is 5.25. The first-order chi connectivity index (χ1) is 6.42. The van der Waals surface area contributed by atoms with Crippen molar-refractivity contribution in [2.45, 2.75) is 40.0 Å². The molecule has 0 radical (unpaired) electrons. The maximum absolute atomic E-state index is 10.3. The van der Waals surface area contributed by atoms with Crippen molar-refractivity contribution in [2.75, 3.05) is 0 Å². The summed E-state index contributed by atoms with van der Waals surface area (Å²) in [5.74, 6) is 0. The molecular weight excluding hydrogens is 172 g/mol. The van der Waals surface area contributed by atoms with Crippen LogP contribution in [0, 0.1) is 10.8 Å². The summed E-state index contributed by atoms with van der Waals surface area (Å²) in [5.41, 5.74) is 1.48. The maximum atomic E-state index is 10.3. The molecule has 1 fully saturated rings. The van der Waals surface area contributed by atoms with Crippen LogP contribution in [-0.4, -0.2) is 6.29 Å². The van der Waals surface area contributed by atoms with Crippen LogP contribution in [0.25, 0.3) is 0 Å². The van der Waals surface area contributed by atoms with Gasteiger partial charge in [-0.3, -0.25) is 4.79 Å². The first-order valence-corrected chi connectivity index (χ1v) is 5.25. The van der Waals surface area contributed by atoms with Crippen LogP contribution in [0.1, 0.15) is 40.0 Å². The zero-order valence-electron chi connectivity index (χ0n) is 9.47. The summed E-state index contributed by atoms with van der Waals surface area (Å²) in [4.78, 5) is 10.3. The van der Waals surface area contributed by atoms with Crippen molar-refractivity contribution in [2.24, 2.45) is 10.8 Å².